The Morgan fingerprint density at radius 3 is 2.11 bits per heavy atom. The average Bonchev–Trinajstić information content (AvgIpc) is 2.39. The number of nitrogens with one attached hydrogen (secondary N) is 1. The summed E-state index contributed by atoms with van der Waals surface area (Å²) in [6.07, 6.45) is 0. The van der Waals surface area contributed by atoms with Crippen molar-refractivity contribution in [1.29, 1.82) is 0 Å². The maximum Gasteiger partial charge on any atom is 0.369 e. The average molecular weight is 259 g/mol. The smallest absolute Gasteiger partial charge is 0.350 e. The van der Waals surface area contributed by atoms with Crippen molar-refractivity contribution in [1.82, 2.24) is 0 Å². The summed E-state index contributed by atoms with van der Waals surface area (Å²) >= 11 is 0. The molecule has 0 spiro atoms. The molecule has 0 unspecified atom stereocenters. The second kappa shape index (κ2) is 5.13. The van der Waals surface area contributed by atoms with Crippen molar-refractivity contribution in [3.63, 3.8) is 0 Å². The number of para-hydroxylation sites is 2. The molecule has 2 aromatic rings. The van der Waals surface area contributed by atoms with Gasteiger partial charge in [0.2, 0.25) is 0 Å². The number of rotatable bonds is 4. The summed E-state index contributed by atoms with van der Waals surface area (Å²) in [5.74, 6) is 0. The van der Waals surface area contributed by atoms with Crippen LogP contribution in [0.4, 0.5) is 22.7 Å². The van der Waals surface area contributed by atoms with Gasteiger partial charge in [-0.05, 0) is 18.2 Å². The summed E-state index contributed by atoms with van der Waals surface area (Å²) in [6.45, 7) is 0. The Kier molecular flexibility index (Phi) is 3.37. The molecule has 0 aliphatic carbocycles. The standard InChI is InChI=1S/C12H9N3O4/c16-14(17)11-8-4-7-10(12(11)15(18)19)13-9-5-2-1-3-6-9/h1-8,13H. The Hall–Kier alpha value is -2.96. The second-order valence-electron chi connectivity index (χ2n) is 3.68. The van der Waals surface area contributed by atoms with Crippen LogP contribution in [0.1, 0.15) is 0 Å². The summed E-state index contributed by atoms with van der Waals surface area (Å²) < 4.78 is 0. The van der Waals surface area contributed by atoms with Crippen molar-refractivity contribution >= 4 is 22.7 Å². The minimum absolute atomic E-state index is 0.0883. The highest BCUT2D eigenvalue weighted by Gasteiger charge is 2.28. The van der Waals surface area contributed by atoms with Crippen LogP contribution in [0, 0.1) is 20.2 Å². The molecule has 0 bridgehead atoms. The van der Waals surface area contributed by atoms with Crippen LogP contribution in [0.2, 0.25) is 0 Å². The monoisotopic (exact) mass is 259 g/mol. The van der Waals surface area contributed by atoms with Crippen LogP contribution in [-0.4, -0.2) is 9.85 Å². The molecule has 2 aromatic carbocycles. The van der Waals surface area contributed by atoms with Gasteiger partial charge in [0.05, 0.1) is 9.85 Å². The minimum atomic E-state index is -0.770. The van der Waals surface area contributed by atoms with E-state index in [1.54, 1.807) is 30.3 Å². The highest BCUT2D eigenvalue weighted by Crippen LogP contribution is 2.35. The molecule has 7 nitrogen and oxygen atoms in total. The zero-order valence-electron chi connectivity index (χ0n) is 9.65. The number of hydrogen-bond acceptors (Lipinski definition) is 5. The second-order valence-corrected chi connectivity index (χ2v) is 3.68. The quantitative estimate of drug-likeness (QED) is 0.671. The molecule has 2 rings (SSSR count). The van der Waals surface area contributed by atoms with Crippen molar-refractivity contribution in [3.05, 3.63) is 68.8 Å². The van der Waals surface area contributed by atoms with Gasteiger partial charge in [-0.2, -0.15) is 0 Å². The van der Waals surface area contributed by atoms with Crippen molar-refractivity contribution in [2.24, 2.45) is 0 Å². The summed E-state index contributed by atoms with van der Waals surface area (Å²) in [4.78, 5) is 20.3. The molecule has 0 fully saturated rings. The van der Waals surface area contributed by atoms with Gasteiger partial charge >= 0.3 is 11.4 Å². The molecule has 0 amide bonds. The summed E-state index contributed by atoms with van der Waals surface area (Å²) in [7, 11) is 0. The maximum absolute atomic E-state index is 11.0. The lowest BCUT2D eigenvalue weighted by molar-refractivity contribution is -0.421. The minimum Gasteiger partial charge on any atom is -0.350 e. The number of nitro groups is 2. The highest BCUT2D eigenvalue weighted by atomic mass is 16.6. The number of hydrogen-bond donors (Lipinski definition) is 1. The predicted octanol–water partition coefficient (Wildman–Crippen LogP) is 3.25. The molecule has 0 aliphatic rings. The van der Waals surface area contributed by atoms with E-state index in [1.807, 2.05) is 0 Å². The van der Waals surface area contributed by atoms with Crippen LogP contribution >= 0.6 is 0 Å². The number of anilines is 2. The molecule has 0 saturated heterocycles. The normalized spacial score (nSPS) is 9.89. The Balaban J connectivity index is 2.48. The van der Waals surface area contributed by atoms with Gasteiger partial charge in [-0.15, -0.1) is 0 Å². The van der Waals surface area contributed by atoms with Gasteiger partial charge in [0.15, 0.2) is 0 Å². The van der Waals surface area contributed by atoms with E-state index in [2.05, 4.69) is 5.32 Å². The van der Waals surface area contributed by atoms with Crippen molar-refractivity contribution in [2.45, 2.75) is 0 Å². The van der Waals surface area contributed by atoms with Crippen LogP contribution in [0.15, 0.2) is 48.5 Å². The van der Waals surface area contributed by atoms with Crippen molar-refractivity contribution in [2.75, 3.05) is 5.32 Å². The third kappa shape index (κ3) is 2.65. The van der Waals surface area contributed by atoms with Gasteiger partial charge in [0.1, 0.15) is 5.69 Å². The number of benzene rings is 2. The van der Waals surface area contributed by atoms with E-state index in [0.29, 0.717) is 5.69 Å². The molecule has 0 heterocycles. The molecule has 1 N–H and O–H groups in total. The van der Waals surface area contributed by atoms with E-state index in [0.717, 1.165) is 6.07 Å². The lowest BCUT2D eigenvalue weighted by atomic mass is 10.2. The van der Waals surface area contributed by atoms with E-state index in [4.69, 9.17) is 0 Å². The van der Waals surface area contributed by atoms with Gasteiger partial charge < -0.3 is 5.32 Å². The molecule has 19 heavy (non-hydrogen) atoms. The first-order chi connectivity index (χ1) is 9.09. The van der Waals surface area contributed by atoms with Gasteiger partial charge in [-0.1, -0.05) is 24.3 Å². The lowest BCUT2D eigenvalue weighted by Crippen LogP contribution is -2.01. The van der Waals surface area contributed by atoms with Crippen LogP contribution < -0.4 is 5.32 Å². The molecule has 0 aromatic heterocycles. The Morgan fingerprint density at radius 2 is 1.53 bits per heavy atom. The highest BCUT2D eigenvalue weighted by molar-refractivity contribution is 5.76. The van der Waals surface area contributed by atoms with Gasteiger partial charge in [-0.25, -0.2) is 0 Å². The van der Waals surface area contributed by atoms with Gasteiger partial charge in [0, 0.05) is 11.8 Å². The van der Waals surface area contributed by atoms with Gasteiger partial charge in [-0.3, -0.25) is 20.2 Å². The SMILES string of the molecule is O=[N+]([O-])c1cccc(Nc2ccccc2)c1[N+](=O)[O-]. The lowest BCUT2D eigenvalue weighted by Gasteiger charge is -2.06. The fourth-order valence-electron chi connectivity index (χ4n) is 1.65. The molecule has 7 heteroatoms. The van der Waals surface area contributed by atoms with E-state index < -0.39 is 21.2 Å². The number of nitrogens with zero attached hydrogens (tertiary/aromatic N) is 2. The van der Waals surface area contributed by atoms with Gasteiger partial charge in [0.25, 0.3) is 0 Å². The van der Waals surface area contributed by atoms with E-state index >= 15 is 0 Å². The van der Waals surface area contributed by atoms with E-state index in [1.165, 1.54) is 12.1 Å². The van der Waals surface area contributed by atoms with Crippen molar-refractivity contribution < 1.29 is 9.85 Å². The fourth-order valence-corrected chi connectivity index (χ4v) is 1.65. The van der Waals surface area contributed by atoms with Crippen molar-refractivity contribution in [3.8, 4) is 0 Å². The predicted molar refractivity (Wildman–Crippen MR) is 69.5 cm³/mol. The largest absolute Gasteiger partial charge is 0.369 e. The third-order valence-corrected chi connectivity index (χ3v) is 2.45. The number of nitro benzene ring substituents is 2. The first-order valence-electron chi connectivity index (χ1n) is 5.33. The summed E-state index contributed by atoms with van der Waals surface area (Å²) in [5.41, 5.74) is -0.376. The molecule has 0 atom stereocenters. The molecule has 0 aliphatic heterocycles. The molecule has 0 radical (unpaired) electrons. The molecule has 96 valence electrons. The van der Waals surface area contributed by atoms with Crippen LogP contribution in [0.5, 0.6) is 0 Å². The topological polar surface area (TPSA) is 98.3 Å². The van der Waals surface area contributed by atoms with Crippen LogP contribution in [0.25, 0.3) is 0 Å². The van der Waals surface area contributed by atoms with Crippen LogP contribution in [-0.2, 0) is 0 Å². The fraction of sp³-hybridized carbons (Fsp3) is 0. The Labute approximate surface area is 107 Å². The molecular weight excluding hydrogens is 250 g/mol. The summed E-state index contributed by atoms with van der Waals surface area (Å²) in [5, 5.41) is 24.6. The molecule has 0 saturated carbocycles. The van der Waals surface area contributed by atoms with Crippen LogP contribution in [0.3, 0.4) is 0 Å². The first kappa shape index (κ1) is 12.5. The zero-order chi connectivity index (χ0) is 13.8. The zero-order valence-corrected chi connectivity index (χ0v) is 9.65. The third-order valence-electron chi connectivity index (χ3n) is 2.45. The Bertz CT molecular complexity index is 628. The van der Waals surface area contributed by atoms with E-state index in [9.17, 15) is 20.2 Å². The first-order valence-corrected chi connectivity index (χ1v) is 5.33. The Morgan fingerprint density at radius 1 is 0.842 bits per heavy atom. The maximum atomic E-state index is 11.0. The van der Waals surface area contributed by atoms with E-state index in [-0.39, 0.29) is 5.69 Å². The summed E-state index contributed by atoms with van der Waals surface area (Å²) in [6, 6.07) is 12.7. The molecular formula is C12H9N3O4.